The molecule has 2 N–H and O–H groups in total. The zero-order valence-electron chi connectivity index (χ0n) is 21.8. The SMILES string of the molecule is Cc1ccccc1NC(=O)C(c1c(C)cccc1C)N(C(=O)C(C)NC(=O)OC(C)(C)C)C1CC1. The first-order valence-electron chi connectivity index (χ1n) is 12.1. The molecule has 0 saturated heterocycles. The van der Waals surface area contributed by atoms with E-state index in [9.17, 15) is 14.4 Å². The van der Waals surface area contributed by atoms with E-state index in [4.69, 9.17) is 4.74 Å². The van der Waals surface area contributed by atoms with Crippen LogP contribution in [0.2, 0.25) is 0 Å². The van der Waals surface area contributed by atoms with Gasteiger partial charge in [0.15, 0.2) is 0 Å². The van der Waals surface area contributed by atoms with Crippen LogP contribution in [0.5, 0.6) is 0 Å². The molecule has 0 aliphatic heterocycles. The van der Waals surface area contributed by atoms with Gasteiger partial charge < -0.3 is 20.3 Å². The van der Waals surface area contributed by atoms with E-state index >= 15 is 0 Å². The number of nitrogens with zero attached hydrogens (tertiary/aromatic N) is 1. The fraction of sp³-hybridized carbons (Fsp3) is 0.464. The van der Waals surface area contributed by atoms with Crippen molar-refractivity contribution in [1.82, 2.24) is 10.2 Å². The molecular formula is C28H37N3O4. The second-order valence-electron chi connectivity index (χ2n) is 10.4. The molecule has 0 radical (unpaired) electrons. The zero-order chi connectivity index (χ0) is 25.9. The lowest BCUT2D eigenvalue weighted by atomic mass is 9.93. The maximum atomic E-state index is 13.9. The van der Waals surface area contributed by atoms with Gasteiger partial charge in [0.1, 0.15) is 17.7 Å². The Morgan fingerprint density at radius 2 is 1.51 bits per heavy atom. The fourth-order valence-electron chi connectivity index (χ4n) is 4.21. The number of benzene rings is 2. The van der Waals surface area contributed by atoms with Crippen molar-refractivity contribution in [2.45, 2.75) is 85.0 Å². The first-order valence-corrected chi connectivity index (χ1v) is 12.1. The van der Waals surface area contributed by atoms with E-state index < -0.39 is 23.8 Å². The first kappa shape index (κ1) is 26.3. The Morgan fingerprint density at radius 1 is 0.943 bits per heavy atom. The molecule has 3 amide bonds. The van der Waals surface area contributed by atoms with Crippen LogP contribution >= 0.6 is 0 Å². The average molecular weight is 480 g/mol. The van der Waals surface area contributed by atoms with Crippen molar-refractivity contribution in [2.75, 3.05) is 5.32 Å². The number of rotatable bonds is 7. The van der Waals surface area contributed by atoms with Crippen LogP contribution in [-0.2, 0) is 14.3 Å². The normalized spacial score (nSPS) is 15.1. The molecule has 7 heteroatoms. The number of carbonyl (C=O) groups excluding carboxylic acids is 3. The molecule has 1 saturated carbocycles. The van der Waals surface area contributed by atoms with Crippen molar-refractivity contribution in [2.24, 2.45) is 0 Å². The van der Waals surface area contributed by atoms with E-state index in [-0.39, 0.29) is 17.9 Å². The Morgan fingerprint density at radius 3 is 2.06 bits per heavy atom. The molecule has 0 bridgehead atoms. The van der Waals surface area contributed by atoms with Crippen LogP contribution in [0, 0.1) is 20.8 Å². The van der Waals surface area contributed by atoms with Gasteiger partial charge in [-0.25, -0.2) is 4.79 Å². The molecule has 3 rings (SSSR count). The molecule has 0 heterocycles. The van der Waals surface area contributed by atoms with Gasteiger partial charge in [-0.1, -0.05) is 36.4 Å². The average Bonchev–Trinajstić information content (AvgIpc) is 3.57. The van der Waals surface area contributed by atoms with Crippen LogP contribution in [0.3, 0.4) is 0 Å². The van der Waals surface area contributed by atoms with Gasteiger partial charge in [-0.2, -0.15) is 0 Å². The van der Waals surface area contributed by atoms with Gasteiger partial charge in [-0.3, -0.25) is 9.59 Å². The van der Waals surface area contributed by atoms with E-state index in [0.29, 0.717) is 5.69 Å². The number of para-hydroxylation sites is 1. The van der Waals surface area contributed by atoms with Crippen LogP contribution in [0.25, 0.3) is 0 Å². The topological polar surface area (TPSA) is 87.7 Å². The summed E-state index contributed by atoms with van der Waals surface area (Å²) in [5, 5.41) is 5.70. The Bertz CT molecular complexity index is 1080. The monoisotopic (exact) mass is 479 g/mol. The molecule has 188 valence electrons. The summed E-state index contributed by atoms with van der Waals surface area (Å²) in [4.78, 5) is 41.6. The minimum absolute atomic E-state index is 0.0722. The number of aryl methyl sites for hydroxylation is 3. The predicted molar refractivity (Wildman–Crippen MR) is 137 cm³/mol. The summed E-state index contributed by atoms with van der Waals surface area (Å²) in [6.07, 6.45) is 0.954. The van der Waals surface area contributed by atoms with Gasteiger partial charge in [0, 0.05) is 11.7 Å². The van der Waals surface area contributed by atoms with Crippen molar-refractivity contribution in [3.63, 3.8) is 0 Å². The molecule has 1 aliphatic rings. The molecule has 7 nitrogen and oxygen atoms in total. The molecule has 0 aromatic heterocycles. The number of carbonyl (C=O) groups is 3. The Balaban J connectivity index is 1.98. The summed E-state index contributed by atoms with van der Waals surface area (Å²) in [7, 11) is 0. The summed E-state index contributed by atoms with van der Waals surface area (Å²) in [5.74, 6) is -0.590. The van der Waals surface area contributed by atoms with E-state index in [1.54, 1.807) is 32.6 Å². The van der Waals surface area contributed by atoms with Crippen molar-refractivity contribution >= 4 is 23.6 Å². The summed E-state index contributed by atoms with van der Waals surface area (Å²) >= 11 is 0. The number of nitrogens with one attached hydrogen (secondary N) is 2. The quantitative estimate of drug-likeness (QED) is 0.572. The van der Waals surface area contributed by atoms with Gasteiger partial charge in [0.2, 0.25) is 5.91 Å². The number of amides is 3. The van der Waals surface area contributed by atoms with Crippen LogP contribution in [0.4, 0.5) is 10.5 Å². The number of anilines is 1. The lowest BCUT2D eigenvalue weighted by Crippen LogP contribution is -2.52. The van der Waals surface area contributed by atoms with Crippen LogP contribution in [0.1, 0.15) is 68.8 Å². The molecule has 2 aromatic carbocycles. The molecule has 1 fully saturated rings. The summed E-state index contributed by atoms with van der Waals surface area (Å²) in [6, 6.07) is 11.7. The third-order valence-corrected chi connectivity index (χ3v) is 6.04. The molecule has 2 atom stereocenters. The maximum absolute atomic E-state index is 13.9. The van der Waals surface area contributed by atoms with Gasteiger partial charge in [0.25, 0.3) is 5.91 Å². The fourth-order valence-corrected chi connectivity index (χ4v) is 4.21. The zero-order valence-corrected chi connectivity index (χ0v) is 21.8. The highest BCUT2D eigenvalue weighted by Crippen LogP contribution is 2.38. The summed E-state index contributed by atoms with van der Waals surface area (Å²) in [6.45, 7) is 12.8. The predicted octanol–water partition coefficient (Wildman–Crippen LogP) is 5.20. The smallest absolute Gasteiger partial charge is 0.408 e. The van der Waals surface area contributed by atoms with Crippen LogP contribution < -0.4 is 10.6 Å². The second kappa shape index (κ2) is 10.5. The van der Waals surface area contributed by atoms with Crippen molar-refractivity contribution in [1.29, 1.82) is 0 Å². The summed E-state index contributed by atoms with van der Waals surface area (Å²) in [5.41, 5.74) is 3.63. The third-order valence-electron chi connectivity index (χ3n) is 6.04. The van der Waals surface area contributed by atoms with Crippen molar-refractivity contribution < 1.29 is 19.1 Å². The highest BCUT2D eigenvalue weighted by molar-refractivity contribution is 6.00. The number of hydrogen-bond donors (Lipinski definition) is 2. The third kappa shape index (κ3) is 6.62. The Labute approximate surface area is 208 Å². The van der Waals surface area contributed by atoms with Gasteiger partial charge in [-0.05, 0) is 89.6 Å². The minimum atomic E-state index is -0.858. The minimum Gasteiger partial charge on any atom is -0.444 e. The standard InChI is InChI=1S/C28H37N3O4/c1-17-11-8-9-14-22(17)30-25(32)24(23-18(2)12-10-13-19(23)3)31(21-15-16-21)26(33)20(4)29-27(34)35-28(5,6)7/h8-14,20-21,24H,15-16H2,1-7H3,(H,29,34)(H,30,32). The number of alkyl carbamates (subject to hydrolysis) is 1. The molecule has 35 heavy (non-hydrogen) atoms. The highest BCUT2D eigenvalue weighted by atomic mass is 16.6. The first-order chi connectivity index (χ1) is 16.4. The second-order valence-corrected chi connectivity index (χ2v) is 10.4. The number of ether oxygens (including phenoxy) is 1. The Hall–Kier alpha value is -3.35. The van der Waals surface area contributed by atoms with E-state index in [2.05, 4.69) is 10.6 Å². The van der Waals surface area contributed by atoms with Crippen LogP contribution in [0.15, 0.2) is 42.5 Å². The molecule has 2 aromatic rings. The molecule has 2 unspecified atom stereocenters. The summed E-state index contributed by atoms with van der Waals surface area (Å²) < 4.78 is 5.34. The molecule has 0 spiro atoms. The van der Waals surface area contributed by atoms with Crippen LogP contribution in [-0.4, -0.2) is 40.5 Å². The van der Waals surface area contributed by atoms with Crippen molar-refractivity contribution in [3.05, 3.63) is 64.7 Å². The Kier molecular flexibility index (Phi) is 7.88. The molecular weight excluding hydrogens is 442 g/mol. The largest absolute Gasteiger partial charge is 0.444 e. The van der Waals surface area contributed by atoms with Gasteiger partial charge in [-0.15, -0.1) is 0 Å². The van der Waals surface area contributed by atoms with E-state index in [0.717, 1.165) is 35.1 Å². The maximum Gasteiger partial charge on any atom is 0.408 e. The van der Waals surface area contributed by atoms with Gasteiger partial charge >= 0.3 is 6.09 Å². The lowest BCUT2D eigenvalue weighted by molar-refractivity contribution is -0.141. The lowest BCUT2D eigenvalue weighted by Gasteiger charge is -2.35. The molecule has 1 aliphatic carbocycles. The van der Waals surface area contributed by atoms with E-state index in [1.165, 1.54) is 0 Å². The highest BCUT2D eigenvalue weighted by Gasteiger charge is 2.44. The van der Waals surface area contributed by atoms with E-state index in [1.807, 2.05) is 63.2 Å². The van der Waals surface area contributed by atoms with Crippen molar-refractivity contribution in [3.8, 4) is 0 Å². The van der Waals surface area contributed by atoms with Gasteiger partial charge in [0.05, 0.1) is 0 Å². The number of hydrogen-bond acceptors (Lipinski definition) is 4.